The molecule has 0 aromatic heterocycles. The molecule has 0 saturated carbocycles. The van der Waals surface area contributed by atoms with E-state index in [0.717, 1.165) is 24.2 Å². The van der Waals surface area contributed by atoms with Gasteiger partial charge in [0.05, 0.1) is 14.2 Å². The summed E-state index contributed by atoms with van der Waals surface area (Å²) in [6.07, 6.45) is 3.00. The first-order valence-corrected chi connectivity index (χ1v) is 10.5. The number of anilines is 2. The highest BCUT2D eigenvalue weighted by Crippen LogP contribution is 2.31. The second-order valence-electron chi connectivity index (χ2n) is 7.56. The highest BCUT2D eigenvalue weighted by Gasteiger charge is 2.16. The molecule has 1 saturated heterocycles. The smallest absolute Gasteiger partial charge is 0.306 e. The van der Waals surface area contributed by atoms with Gasteiger partial charge in [-0.15, -0.1) is 0 Å². The highest BCUT2D eigenvalue weighted by atomic mass is 16.5. The number of para-hydroxylation sites is 1. The Morgan fingerprint density at radius 2 is 1.84 bits per heavy atom. The fourth-order valence-electron chi connectivity index (χ4n) is 3.85. The monoisotopic (exact) mass is 426 g/mol. The molecule has 0 spiro atoms. The van der Waals surface area contributed by atoms with Crippen LogP contribution in [-0.4, -0.2) is 45.8 Å². The molecule has 1 heterocycles. The number of esters is 1. The van der Waals surface area contributed by atoms with Gasteiger partial charge in [-0.3, -0.25) is 9.59 Å². The summed E-state index contributed by atoms with van der Waals surface area (Å²) in [5.74, 6) is 0.406. The molecule has 166 valence electrons. The first-order chi connectivity index (χ1) is 15.0. The zero-order valence-corrected chi connectivity index (χ0v) is 18.4. The van der Waals surface area contributed by atoms with Crippen LogP contribution in [-0.2, 0) is 20.7 Å². The molecule has 1 aliphatic heterocycles. The molecule has 1 fully saturated rings. The van der Waals surface area contributed by atoms with E-state index in [0.29, 0.717) is 23.6 Å². The van der Waals surface area contributed by atoms with Crippen LogP contribution in [0.4, 0.5) is 11.4 Å². The Hall–Kier alpha value is -3.22. The average Bonchev–Trinajstić information content (AvgIpc) is 3.30. The zero-order chi connectivity index (χ0) is 22.2. The predicted molar refractivity (Wildman–Crippen MR) is 120 cm³/mol. The van der Waals surface area contributed by atoms with Crippen LogP contribution in [0.5, 0.6) is 11.5 Å². The van der Waals surface area contributed by atoms with Crippen LogP contribution >= 0.6 is 0 Å². The molecule has 0 aliphatic carbocycles. The van der Waals surface area contributed by atoms with Crippen LogP contribution in [0.2, 0.25) is 0 Å². The minimum absolute atomic E-state index is 0.139. The second-order valence-corrected chi connectivity index (χ2v) is 7.56. The molecular weight excluding hydrogens is 396 g/mol. The number of methoxy groups -OCH3 is 2. The van der Waals surface area contributed by atoms with E-state index in [-0.39, 0.29) is 18.9 Å². The summed E-state index contributed by atoms with van der Waals surface area (Å²) in [6, 6.07) is 11.4. The lowest BCUT2D eigenvalue weighted by atomic mass is 10.1. The number of amides is 1. The molecule has 2 aromatic rings. The maximum Gasteiger partial charge on any atom is 0.306 e. The van der Waals surface area contributed by atoms with Gasteiger partial charge in [-0.2, -0.15) is 0 Å². The molecule has 7 heteroatoms. The molecule has 1 N–H and O–H groups in total. The highest BCUT2D eigenvalue weighted by molar-refractivity contribution is 5.93. The first-order valence-electron chi connectivity index (χ1n) is 10.5. The third kappa shape index (κ3) is 5.90. The van der Waals surface area contributed by atoms with Crippen LogP contribution in [0.15, 0.2) is 36.4 Å². The molecule has 0 atom stereocenters. The van der Waals surface area contributed by atoms with E-state index >= 15 is 0 Å². The Morgan fingerprint density at radius 3 is 2.52 bits per heavy atom. The van der Waals surface area contributed by atoms with Gasteiger partial charge in [0, 0.05) is 30.9 Å². The number of hydrogen-bond donors (Lipinski definition) is 1. The predicted octanol–water partition coefficient (Wildman–Crippen LogP) is 3.73. The van der Waals surface area contributed by atoms with Gasteiger partial charge in [0.15, 0.2) is 18.1 Å². The number of carbonyl (C=O) groups excluding carboxylic acids is 2. The molecule has 2 aromatic carbocycles. The van der Waals surface area contributed by atoms with Crippen molar-refractivity contribution in [1.29, 1.82) is 0 Å². The van der Waals surface area contributed by atoms with E-state index in [9.17, 15) is 9.59 Å². The molecule has 0 radical (unpaired) electrons. The molecule has 0 unspecified atom stereocenters. The quantitative estimate of drug-likeness (QED) is 0.616. The minimum atomic E-state index is -0.444. The Morgan fingerprint density at radius 1 is 1.06 bits per heavy atom. The van der Waals surface area contributed by atoms with Crippen LogP contribution in [0, 0.1) is 6.92 Å². The molecule has 1 aliphatic rings. The molecule has 0 bridgehead atoms. The van der Waals surface area contributed by atoms with Crippen LogP contribution < -0.4 is 19.7 Å². The lowest BCUT2D eigenvalue weighted by Gasteiger charge is -2.20. The molecular formula is C24H30N2O5. The summed E-state index contributed by atoms with van der Waals surface area (Å²) in [5.41, 5.74) is 3.86. The molecule has 7 nitrogen and oxygen atoms in total. The van der Waals surface area contributed by atoms with Gasteiger partial charge in [0.2, 0.25) is 0 Å². The van der Waals surface area contributed by atoms with E-state index in [4.69, 9.17) is 14.2 Å². The lowest BCUT2D eigenvalue weighted by molar-refractivity contribution is -0.147. The Labute approximate surface area is 183 Å². The zero-order valence-electron chi connectivity index (χ0n) is 18.4. The van der Waals surface area contributed by atoms with Crippen molar-refractivity contribution in [2.24, 2.45) is 0 Å². The number of carbonyl (C=O) groups is 2. The normalized spacial score (nSPS) is 13.1. The van der Waals surface area contributed by atoms with E-state index < -0.39 is 5.97 Å². The van der Waals surface area contributed by atoms with Crippen LogP contribution in [0.1, 0.15) is 30.4 Å². The Balaban J connectivity index is 1.46. The van der Waals surface area contributed by atoms with Gasteiger partial charge in [-0.1, -0.05) is 12.1 Å². The van der Waals surface area contributed by atoms with E-state index in [1.807, 2.05) is 37.3 Å². The number of nitrogens with zero attached hydrogens (tertiary/aromatic N) is 1. The SMILES string of the molecule is COc1cccc(CCC(=O)OCC(=O)Nc2ccc(N3CCCC3)c(C)c2)c1OC. The van der Waals surface area contributed by atoms with Gasteiger partial charge in [0.25, 0.3) is 5.91 Å². The summed E-state index contributed by atoms with van der Waals surface area (Å²) in [5, 5.41) is 2.79. The van der Waals surface area contributed by atoms with Gasteiger partial charge >= 0.3 is 5.97 Å². The average molecular weight is 427 g/mol. The summed E-state index contributed by atoms with van der Waals surface area (Å²) < 4.78 is 15.8. The number of rotatable bonds is 9. The van der Waals surface area contributed by atoms with Crippen molar-refractivity contribution in [1.82, 2.24) is 0 Å². The molecule has 31 heavy (non-hydrogen) atoms. The topological polar surface area (TPSA) is 77.1 Å². The van der Waals surface area contributed by atoms with Gasteiger partial charge in [-0.25, -0.2) is 0 Å². The summed E-state index contributed by atoms with van der Waals surface area (Å²) in [6.45, 7) is 3.87. The third-order valence-corrected chi connectivity index (χ3v) is 5.37. The van der Waals surface area contributed by atoms with E-state index in [1.165, 1.54) is 18.5 Å². The fourth-order valence-corrected chi connectivity index (χ4v) is 3.85. The van der Waals surface area contributed by atoms with Crippen molar-refractivity contribution < 1.29 is 23.8 Å². The van der Waals surface area contributed by atoms with Crippen molar-refractivity contribution in [2.75, 3.05) is 44.1 Å². The largest absolute Gasteiger partial charge is 0.493 e. The number of nitrogens with one attached hydrogen (secondary N) is 1. The van der Waals surface area contributed by atoms with Gasteiger partial charge < -0.3 is 24.4 Å². The minimum Gasteiger partial charge on any atom is -0.493 e. The van der Waals surface area contributed by atoms with Crippen LogP contribution in [0.3, 0.4) is 0 Å². The van der Waals surface area contributed by atoms with E-state index in [1.54, 1.807) is 20.3 Å². The maximum absolute atomic E-state index is 12.2. The second kappa shape index (κ2) is 10.7. The number of ether oxygens (including phenoxy) is 3. The lowest BCUT2D eigenvalue weighted by Crippen LogP contribution is -2.22. The van der Waals surface area contributed by atoms with Gasteiger partial charge in [0.1, 0.15) is 0 Å². The van der Waals surface area contributed by atoms with Crippen LogP contribution in [0.25, 0.3) is 0 Å². The van der Waals surface area contributed by atoms with Gasteiger partial charge in [-0.05, 0) is 61.6 Å². The summed E-state index contributed by atoms with van der Waals surface area (Å²) in [7, 11) is 3.12. The number of aryl methyl sites for hydroxylation is 2. The standard InChI is InChI=1S/C24H30N2O5/c1-17-15-19(10-11-20(17)26-13-4-5-14-26)25-22(27)16-31-23(28)12-9-18-7-6-8-21(29-2)24(18)30-3/h6-8,10-11,15H,4-5,9,12-14,16H2,1-3H3,(H,25,27). The molecule has 3 rings (SSSR count). The fraction of sp³-hybridized carbons (Fsp3) is 0.417. The van der Waals surface area contributed by atoms with Crippen molar-refractivity contribution in [3.63, 3.8) is 0 Å². The maximum atomic E-state index is 12.2. The Bertz CT molecular complexity index is 922. The summed E-state index contributed by atoms with van der Waals surface area (Å²) in [4.78, 5) is 26.6. The van der Waals surface area contributed by atoms with Crippen molar-refractivity contribution in [3.05, 3.63) is 47.5 Å². The molecule has 1 amide bonds. The Kier molecular flexibility index (Phi) is 7.76. The van der Waals surface area contributed by atoms with Crippen molar-refractivity contribution >= 4 is 23.3 Å². The number of hydrogen-bond acceptors (Lipinski definition) is 6. The first kappa shape index (κ1) is 22.5. The van der Waals surface area contributed by atoms with Crippen molar-refractivity contribution in [2.45, 2.75) is 32.6 Å². The summed E-state index contributed by atoms with van der Waals surface area (Å²) >= 11 is 0. The number of benzene rings is 2. The van der Waals surface area contributed by atoms with E-state index in [2.05, 4.69) is 10.2 Å². The van der Waals surface area contributed by atoms with Crippen molar-refractivity contribution in [3.8, 4) is 11.5 Å². The third-order valence-electron chi connectivity index (χ3n) is 5.37.